The number of hydrogen-bond donors (Lipinski definition) is 1. The van der Waals surface area contributed by atoms with Gasteiger partial charge in [0.15, 0.2) is 5.78 Å². The van der Waals surface area contributed by atoms with Crippen LogP contribution in [0.2, 0.25) is 5.02 Å². The van der Waals surface area contributed by atoms with E-state index in [1.807, 2.05) is 0 Å². The van der Waals surface area contributed by atoms with Crippen molar-refractivity contribution in [2.45, 2.75) is 12.8 Å². The molecule has 0 amide bonds. The van der Waals surface area contributed by atoms with E-state index >= 15 is 0 Å². The van der Waals surface area contributed by atoms with Crippen molar-refractivity contribution < 1.29 is 9.53 Å². The Bertz CT molecular complexity index is 400. The third-order valence-electron chi connectivity index (χ3n) is 2.88. The van der Waals surface area contributed by atoms with Crippen molar-refractivity contribution in [1.29, 1.82) is 0 Å². The maximum atomic E-state index is 12.1. The Morgan fingerprint density at radius 2 is 2.06 bits per heavy atom. The monoisotopic (exact) mass is 239 g/mol. The van der Waals surface area contributed by atoms with Crippen LogP contribution < -0.4 is 5.73 Å². The van der Waals surface area contributed by atoms with E-state index in [2.05, 4.69) is 0 Å². The summed E-state index contributed by atoms with van der Waals surface area (Å²) in [4.78, 5) is 12.1. The summed E-state index contributed by atoms with van der Waals surface area (Å²) in [6.45, 7) is 1.33. The zero-order valence-corrected chi connectivity index (χ0v) is 9.67. The highest BCUT2D eigenvalue weighted by molar-refractivity contribution is 6.33. The normalized spacial score (nSPS) is 17.3. The van der Waals surface area contributed by atoms with Gasteiger partial charge in [-0.1, -0.05) is 11.6 Å². The second-order valence-corrected chi connectivity index (χ2v) is 4.39. The fourth-order valence-corrected chi connectivity index (χ4v) is 2.06. The Kier molecular flexibility index (Phi) is 3.46. The van der Waals surface area contributed by atoms with Gasteiger partial charge in [0.25, 0.3) is 0 Å². The van der Waals surface area contributed by atoms with E-state index in [0.717, 1.165) is 12.8 Å². The lowest BCUT2D eigenvalue weighted by atomic mass is 9.91. The molecule has 3 nitrogen and oxygen atoms in total. The van der Waals surface area contributed by atoms with E-state index in [9.17, 15) is 4.79 Å². The van der Waals surface area contributed by atoms with Gasteiger partial charge in [-0.05, 0) is 31.0 Å². The van der Waals surface area contributed by atoms with Crippen LogP contribution in [0.4, 0.5) is 5.69 Å². The lowest BCUT2D eigenvalue weighted by molar-refractivity contribution is 0.0545. The fourth-order valence-electron chi connectivity index (χ4n) is 1.88. The molecule has 0 bridgehead atoms. The highest BCUT2D eigenvalue weighted by atomic mass is 35.5. The Labute approximate surface area is 99.5 Å². The third kappa shape index (κ3) is 2.36. The number of carbonyl (C=O) groups excluding carboxylic acids is 1. The molecule has 1 aromatic rings. The number of rotatable bonds is 2. The summed E-state index contributed by atoms with van der Waals surface area (Å²) in [6, 6.07) is 5.06. The summed E-state index contributed by atoms with van der Waals surface area (Å²) in [5, 5.41) is 0.443. The number of halogens is 1. The molecule has 1 aliphatic rings. The van der Waals surface area contributed by atoms with Crippen LogP contribution in [0.3, 0.4) is 0 Å². The van der Waals surface area contributed by atoms with Gasteiger partial charge in [-0.2, -0.15) is 0 Å². The predicted molar refractivity (Wildman–Crippen MR) is 63.7 cm³/mol. The number of hydrogen-bond acceptors (Lipinski definition) is 3. The SMILES string of the molecule is Nc1ccc(C(=O)C2CCOCC2)cc1Cl. The topological polar surface area (TPSA) is 52.3 Å². The first kappa shape index (κ1) is 11.4. The van der Waals surface area contributed by atoms with Crippen molar-refractivity contribution in [2.75, 3.05) is 18.9 Å². The molecule has 2 rings (SSSR count). The van der Waals surface area contributed by atoms with Gasteiger partial charge in [0.05, 0.1) is 10.7 Å². The molecular weight excluding hydrogens is 226 g/mol. The van der Waals surface area contributed by atoms with Gasteiger partial charge >= 0.3 is 0 Å². The molecule has 1 saturated heterocycles. The number of nitrogen functional groups attached to an aromatic ring is 1. The molecule has 1 aromatic carbocycles. The van der Waals surface area contributed by atoms with Crippen LogP contribution in [-0.2, 0) is 4.74 Å². The number of benzene rings is 1. The Morgan fingerprint density at radius 1 is 1.38 bits per heavy atom. The van der Waals surface area contributed by atoms with Crippen LogP contribution in [0.25, 0.3) is 0 Å². The van der Waals surface area contributed by atoms with E-state index in [4.69, 9.17) is 22.1 Å². The molecule has 1 fully saturated rings. The minimum atomic E-state index is 0.0634. The van der Waals surface area contributed by atoms with E-state index < -0.39 is 0 Å². The zero-order valence-electron chi connectivity index (χ0n) is 8.91. The van der Waals surface area contributed by atoms with Gasteiger partial charge in [-0.3, -0.25) is 4.79 Å². The number of Topliss-reactive ketones (excluding diaryl/α,β-unsaturated/α-hetero) is 1. The number of anilines is 1. The summed E-state index contributed by atoms with van der Waals surface area (Å²) in [5.74, 6) is 0.207. The number of ether oxygens (including phenoxy) is 1. The molecule has 0 radical (unpaired) electrons. The maximum absolute atomic E-state index is 12.1. The highest BCUT2D eigenvalue weighted by Crippen LogP contribution is 2.24. The quantitative estimate of drug-likeness (QED) is 0.637. The Hall–Kier alpha value is -1.06. The van der Waals surface area contributed by atoms with Gasteiger partial charge in [0.1, 0.15) is 0 Å². The second-order valence-electron chi connectivity index (χ2n) is 3.99. The van der Waals surface area contributed by atoms with Crippen molar-refractivity contribution in [2.24, 2.45) is 5.92 Å². The van der Waals surface area contributed by atoms with E-state index in [0.29, 0.717) is 29.5 Å². The van der Waals surface area contributed by atoms with E-state index in [1.54, 1.807) is 18.2 Å². The molecule has 2 N–H and O–H groups in total. The van der Waals surface area contributed by atoms with Crippen molar-refractivity contribution >= 4 is 23.1 Å². The average molecular weight is 240 g/mol. The molecule has 0 aliphatic carbocycles. The molecule has 1 aliphatic heterocycles. The summed E-state index contributed by atoms with van der Waals surface area (Å²) in [5.41, 5.74) is 6.75. The number of ketones is 1. The molecule has 0 unspecified atom stereocenters. The zero-order chi connectivity index (χ0) is 11.5. The van der Waals surface area contributed by atoms with Gasteiger partial charge in [-0.15, -0.1) is 0 Å². The molecule has 86 valence electrons. The molecule has 4 heteroatoms. The lowest BCUT2D eigenvalue weighted by Crippen LogP contribution is -2.23. The summed E-state index contributed by atoms with van der Waals surface area (Å²) in [6.07, 6.45) is 1.58. The third-order valence-corrected chi connectivity index (χ3v) is 3.20. The summed E-state index contributed by atoms with van der Waals surface area (Å²) >= 11 is 5.89. The minimum absolute atomic E-state index is 0.0634. The second kappa shape index (κ2) is 4.85. The molecule has 0 spiro atoms. The van der Waals surface area contributed by atoms with Crippen LogP contribution in [0.1, 0.15) is 23.2 Å². The first-order valence-electron chi connectivity index (χ1n) is 5.35. The summed E-state index contributed by atoms with van der Waals surface area (Å²) in [7, 11) is 0. The van der Waals surface area contributed by atoms with E-state index in [1.165, 1.54) is 0 Å². The summed E-state index contributed by atoms with van der Waals surface area (Å²) < 4.78 is 5.23. The van der Waals surface area contributed by atoms with Crippen molar-refractivity contribution in [3.63, 3.8) is 0 Å². The van der Waals surface area contributed by atoms with Crippen LogP contribution >= 0.6 is 11.6 Å². The molecule has 0 saturated carbocycles. The largest absolute Gasteiger partial charge is 0.398 e. The van der Waals surface area contributed by atoms with Crippen molar-refractivity contribution in [3.8, 4) is 0 Å². The number of carbonyl (C=O) groups is 1. The Balaban J connectivity index is 2.16. The minimum Gasteiger partial charge on any atom is -0.398 e. The van der Waals surface area contributed by atoms with Crippen LogP contribution in [0, 0.1) is 5.92 Å². The first-order chi connectivity index (χ1) is 7.68. The van der Waals surface area contributed by atoms with Crippen molar-refractivity contribution in [3.05, 3.63) is 28.8 Å². The predicted octanol–water partition coefficient (Wildman–Crippen LogP) is 2.53. The van der Waals surface area contributed by atoms with Crippen molar-refractivity contribution in [1.82, 2.24) is 0 Å². The highest BCUT2D eigenvalue weighted by Gasteiger charge is 2.22. The lowest BCUT2D eigenvalue weighted by Gasteiger charge is -2.20. The standard InChI is InChI=1S/C12H14ClNO2/c13-10-7-9(1-2-11(10)14)12(15)8-3-5-16-6-4-8/h1-2,7-8H,3-6,14H2. The molecule has 16 heavy (non-hydrogen) atoms. The van der Waals surface area contributed by atoms with Gasteiger partial charge in [0.2, 0.25) is 0 Å². The average Bonchev–Trinajstić information content (AvgIpc) is 2.33. The van der Waals surface area contributed by atoms with Crippen LogP contribution in [-0.4, -0.2) is 19.0 Å². The van der Waals surface area contributed by atoms with Crippen LogP contribution in [0.15, 0.2) is 18.2 Å². The maximum Gasteiger partial charge on any atom is 0.166 e. The van der Waals surface area contributed by atoms with Gasteiger partial charge < -0.3 is 10.5 Å². The molecule has 0 atom stereocenters. The smallest absolute Gasteiger partial charge is 0.166 e. The number of nitrogens with two attached hydrogens (primary N) is 1. The van der Waals surface area contributed by atoms with Gasteiger partial charge in [-0.25, -0.2) is 0 Å². The van der Waals surface area contributed by atoms with Gasteiger partial charge in [0, 0.05) is 24.7 Å². The molecular formula is C12H14ClNO2. The fraction of sp³-hybridized carbons (Fsp3) is 0.417. The van der Waals surface area contributed by atoms with Crippen LogP contribution in [0.5, 0.6) is 0 Å². The molecule has 0 aromatic heterocycles. The molecule has 1 heterocycles. The Morgan fingerprint density at radius 3 is 2.69 bits per heavy atom. The van der Waals surface area contributed by atoms with E-state index in [-0.39, 0.29) is 11.7 Å². The first-order valence-corrected chi connectivity index (χ1v) is 5.73.